The van der Waals surface area contributed by atoms with Crippen molar-refractivity contribution in [2.24, 2.45) is 0 Å². The second-order valence-electron chi connectivity index (χ2n) is 4.44. The van der Waals surface area contributed by atoms with Gasteiger partial charge in [-0.15, -0.1) is 0 Å². The minimum absolute atomic E-state index is 0.216. The van der Waals surface area contributed by atoms with Gasteiger partial charge in [0.15, 0.2) is 0 Å². The summed E-state index contributed by atoms with van der Waals surface area (Å²) in [4.78, 5) is 4.39. The van der Waals surface area contributed by atoms with Gasteiger partial charge in [0.05, 0.1) is 10.4 Å². The number of aromatic nitrogens is 1. The lowest BCUT2D eigenvalue weighted by molar-refractivity contribution is 0.602. The number of fused-ring (bicyclic) bond motifs is 1. The number of halogens is 1. The van der Waals surface area contributed by atoms with E-state index in [9.17, 15) is 8.42 Å². The highest BCUT2D eigenvalue weighted by Crippen LogP contribution is 2.24. The van der Waals surface area contributed by atoms with Crippen molar-refractivity contribution in [1.29, 1.82) is 0 Å². The Balaban J connectivity index is 2.09. The number of rotatable bonds is 3. The van der Waals surface area contributed by atoms with Gasteiger partial charge in [-0.2, -0.15) is 0 Å². The molecule has 1 heterocycles. The average Bonchev–Trinajstić information content (AvgIpc) is 2.46. The third kappa shape index (κ3) is 2.91. The van der Waals surface area contributed by atoms with Gasteiger partial charge in [-0.25, -0.2) is 8.42 Å². The van der Waals surface area contributed by atoms with E-state index in [1.165, 1.54) is 0 Å². The summed E-state index contributed by atoms with van der Waals surface area (Å²) in [7, 11) is -3.67. The first-order chi connectivity index (χ1) is 10.1. The molecule has 1 N–H and O–H groups in total. The number of pyridine rings is 1. The Morgan fingerprint density at radius 2 is 1.81 bits per heavy atom. The Hall–Kier alpha value is -1.92. The van der Waals surface area contributed by atoms with Crippen LogP contribution in [0.15, 0.2) is 70.2 Å². The maximum absolute atomic E-state index is 12.6. The Bertz CT molecular complexity index is 905. The summed E-state index contributed by atoms with van der Waals surface area (Å²) < 4.78 is 28.5. The molecule has 21 heavy (non-hydrogen) atoms. The molecule has 4 nitrogen and oxygen atoms in total. The van der Waals surface area contributed by atoms with Gasteiger partial charge in [0.1, 0.15) is 0 Å². The first-order valence-corrected chi connectivity index (χ1v) is 8.46. The van der Waals surface area contributed by atoms with Crippen molar-refractivity contribution in [2.45, 2.75) is 4.90 Å². The predicted octanol–water partition coefficient (Wildman–Crippen LogP) is 3.80. The number of hydrogen-bond acceptors (Lipinski definition) is 3. The fraction of sp³-hybridized carbons (Fsp3) is 0. The van der Waals surface area contributed by atoms with Crippen LogP contribution >= 0.6 is 15.9 Å². The molecule has 0 radical (unpaired) electrons. The van der Waals surface area contributed by atoms with Crippen molar-refractivity contribution in [1.82, 2.24) is 4.98 Å². The van der Waals surface area contributed by atoms with Crippen LogP contribution < -0.4 is 4.72 Å². The van der Waals surface area contributed by atoms with E-state index in [0.29, 0.717) is 16.6 Å². The van der Waals surface area contributed by atoms with Crippen LogP contribution in [0, 0.1) is 0 Å². The molecule has 0 aliphatic rings. The number of nitrogens with one attached hydrogen (secondary N) is 1. The van der Waals surface area contributed by atoms with Gasteiger partial charge in [-0.05, 0) is 42.5 Å². The van der Waals surface area contributed by atoms with Gasteiger partial charge < -0.3 is 0 Å². The van der Waals surface area contributed by atoms with Gasteiger partial charge in [0, 0.05) is 21.7 Å². The van der Waals surface area contributed by atoms with E-state index in [-0.39, 0.29) is 4.90 Å². The average molecular weight is 363 g/mol. The highest BCUT2D eigenvalue weighted by atomic mass is 79.9. The van der Waals surface area contributed by atoms with Crippen LogP contribution in [0.4, 0.5) is 5.69 Å². The standard InChI is InChI=1S/C15H11BrN2O2S/c16-11-4-1-5-12(10-11)18-21(19,20)15-8-2-7-14-13(15)6-3-9-17-14/h1-10,18H. The second-order valence-corrected chi connectivity index (χ2v) is 7.01. The summed E-state index contributed by atoms with van der Waals surface area (Å²) in [6, 6.07) is 15.5. The molecule has 0 atom stereocenters. The van der Waals surface area contributed by atoms with Crippen molar-refractivity contribution >= 4 is 42.5 Å². The Morgan fingerprint density at radius 1 is 1.00 bits per heavy atom. The van der Waals surface area contributed by atoms with E-state index in [2.05, 4.69) is 25.6 Å². The number of hydrogen-bond donors (Lipinski definition) is 1. The first-order valence-electron chi connectivity index (χ1n) is 6.18. The van der Waals surface area contributed by atoms with Crippen LogP contribution in [0.3, 0.4) is 0 Å². The van der Waals surface area contributed by atoms with Gasteiger partial charge in [-0.3, -0.25) is 9.71 Å². The van der Waals surface area contributed by atoms with Crippen LogP contribution in [-0.4, -0.2) is 13.4 Å². The fourth-order valence-electron chi connectivity index (χ4n) is 2.07. The molecule has 106 valence electrons. The number of sulfonamides is 1. The summed E-state index contributed by atoms with van der Waals surface area (Å²) in [5.41, 5.74) is 1.15. The summed E-state index contributed by atoms with van der Waals surface area (Å²) in [6.07, 6.45) is 1.64. The predicted molar refractivity (Wildman–Crippen MR) is 86.7 cm³/mol. The third-order valence-corrected chi connectivity index (χ3v) is 4.90. The van der Waals surface area contributed by atoms with Gasteiger partial charge >= 0.3 is 0 Å². The van der Waals surface area contributed by atoms with Crippen molar-refractivity contribution in [3.63, 3.8) is 0 Å². The van der Waals surface area contributed by atoms with E-state index >= 15 is 0 Å². The van der Waals surface area contributed by atoms with Crippen LogP contribution in [0.25, 0.3) is 10.9 Å². The Kier molecular flexibility index (Phi) is 3.65. The van der Waals surface area contributed by atoms with Crippen LogP contribution in [-0.2, 0) is 10.0 Å². The first kappa shape index (κ1) is 14.0. The lowest BCUT2D eigenvalue weighted by atomic mass is 10.2. The quantitative estimate of drug-likeness (QED) is 0.770. The van der Waals surface area contributed by atoms with E-state index in [0.717, 1.165) is 4.47 Å². The molecule has 3 aromatic rings. The van der Waals surface area contributed by atoms with E-state index in [1.54, 1.807) is 54.7 Å². The molecule has 0 aliphatic heterocycles. The number of benzene rings is 2. The molecular formula is C15H11BrN2O2S. The molecule has 0 unspecified atom stereocenters. The maximum atomic E-state index is 12.6. The lowest BCUT2D eigenvalue weighted by Crippen LogP contribution is -2.13. The zero-order chi connectivity index (χ0) is 14.9. The van der Waals surface area contributed by atoms with Gasteiger partial charge in [0.25, 0.3) is 10.0 Å². The van der Waals surface area contributed by atoms with Crippen LogP contribution in [0.5, 0.6) is 0 Å². The van der Waals surface area contributed by atoms with Crippen molar-refractivity contribution in [2.75, 3.05) is 4.72 Å². The zero-order valence-corrected chi connectivity index (χ0v) is 13.2. The molecule has 0 bridgehead atoms. The number of anilines is 1. The highest BCUT2D eigenvalue weighted by Gasteiger charge is 2.17. The molecule has 0 spiro atoms. The maximum Gasteiger partial charge on any atom is 0.262 e. The summed E-state index contributed by atoms with van der Waals surface area (Å²) in [6.45, 7) is 0. The smallest absolute Gasteiger partial charge is 0.262 e. The zero-order valence-electron chi connectivity index (χ0n) is 10.8. The summed E-state index contributed by atoms with van der Waals surface area (Å²) in [5.74, 6) is 0. The molecule has 0 fully saturated rings. The topological polar surface area (TPSA) is 59.1 Å². The second kappa shape index (κ2) is 5.46. The van der Waals surface area contributed by atoms with Crippen LogP contribution in [0.2, 0.25) is 0 Å². The summed E-state index contributed by atoms with van der Waals surface area (Å²) in [5, 5.41) is 0.600. The van der Waals surface area contributed by atoms with Crippen molar-refractivity contribution in [3.05, 3.63) is 65.3 Å². The molecule has 3 rings (SSSR count). The van der Waals surface area contributed by atoms with Crippen molar-refractivity contribution in [3.8, 4) is 0 Å². The molecular weight excluding hydrogens is 352 g/mol. The number of nitrogens with zero attached hydrogens (tertiary/aromatic N) is 1. The fourth-order valence-corrected chi connectivity index (χ4v) is 3.74. The Morgan fingerprint density at radius 3 is 2.62 bits per heavy atom. The Labute approximate surface area is 131 Å². The molecule has 0 saturated heterocycles. The lowest BCUT2D eigenvalue weighted by Gasteiger charge is -2.10. The molecule has 2 aromatic carbocycles. The molecule has 0 amide bonds. The monoisotopic (exact) mass is 362 g/mol. The van der Waals surface area contributed by atoms with Gasteiger partial charge in [0.2, 0.25) is 0 Å². The molecule has 0 aliphatic carbocycles. The van der Waals surface area contributed by atoms with Gasteiger partial charge in [-0.1, -0.05) is 28.1 Å². The highest BCUT2D eigenvalue weighted by molar-refractivity contribution is 9.10. The van der Waals surface area contributed by atoms with E-state index < -0.39 is 10.0 Å². The SMILES string of the molecule is O=S(=O)(Nc1cccc(Br)c1)c1cccc2ncccc12. The minimum Gasteiger partial charge on any atom is -0.280 e. The molecule has 0 saturated carbocycles. The largest absolute Gasteiger partial charge is 0.280 e. The summed E-state index contributed by atoms with van der Waals surface area (Å²) >= 11 is 3.32. The molecule has 6 heteroatoms. The van der Waals surface area contributed by atoms with Crippen molar-refractivity contribution < 1.29 is 8.42 Å². The molecule has 1 aromatic heterocycles. The van der Waals surface area contributed by atoms with Crippen LogP contribution in [0.1, 0.15) is 0 Å². The third-order valence-electron chi connectivity index (χ3n) is 2.97. The normalized spacial score (nSPS) is 11.5. The minimum atomic E-state index is -3.67. The van der Waals surface area contributed by atoms with E-state index in [1.807, 2.05) is 6.07 Å². The van der Waals surface area contributed by atoms with E-state index in [4.69, 9.17) is 0 Å².